The second-order valence-electron chi connectivity index (χ2n) is 4.54. The van der Waals surface area contributed by atoms with E-state index in [1.165, 1.54) is 0 Å². The predicted octanol–water partition coefficient (Wildman–Crippen LogP) is 3.85. The molecule has 0 heterocycles. The van der Waals surface area contributed by atoms with Crippen molar-refractivity contribution >= 4 is 31.5 Å². The lowest BCUT2D eigenvalue weighted by atomic mass is 10.2. The van der Waals surface area contributed by atoms with Gasteiger partial charge in [0, 0.05) is 11.4 Å². The Balaban J connectivity index is 2.79. The third-order valence-electron chi connectivity index (χ3n) is 2.91. The van der Waals surface area contributed by atoms with Gasteiger partial charge in [-0.1, -0.05) is 41.9 Å². The molecule has 3 nitrogen and oxygen atoms in total. The average Bonchev–Trinajstić information content (AvgIpc) is 2.39. The van der Waals surface area contributed by atoms with Crippen LogP contribution in [0, 0.1) is 0 Å². The quantitative estimate of drug-likeness (QED) is 0.726. The molecule has 5 heteroatoms. The number of nitrogens with one attached hydrogen (secondary N) is 1. The highest BCUT2D eigenvalue weighted by Crippen LogP contribution is 2.23. The Labute approximate surface area is 124 Å². The fourth-order valence-corrected chi connectivity index (χ4v) is 3.58. The summed E-state index contributed by atoms with van der Waals surface area (Å²) >= 11 is 3.57. The van der Waals surface area contributed by atoms with Crippen molar-refractivity contribution in [3.05, 3.63) is 24.3 Å². The molecule has 1 N–H and O–H groups in total. The van der Waals surface area contributed by atoms with Gasteiger partial charge in [0.05, 0.1) is 16.3 Å². The summed E-state index contributed by atoms with van der Waals surface area (Å²) in [7, 11) is -3.17. The minimum absolute atomic E-state index is 0.196. The van der Waals surface area contributed by atoms with Crippen molar-refractivity contribution in [2.45, 2.75) is 42.8 Å². The molecule has 0 bridgehead atoms. The molecule has 0 spiro atoms. The normalized spacial score (nSPS) is 13.2. The van der Waals surface area contributed by atoms with E-state index in [2.05, 4.69) is 28.2 Å². The molecule has 0 radical (unpaired) electrons. The van der Waals surface area contributed by atoms with Gasteiger partial charge in [-0.05, 0) is 31.4 Å². The summed E-state index contributed by atoms with van der Waals surface area (Å²) in [6.45, 7) is 4.77. The average molecular weight is 348 g/mol. The molecule has 0 fully saturated rings. The van der Waals surface area contributed by atoms with E-state index in [9.17, 15) is 8.42 Å². The van der Waals surface area contributed by atoms with Gasteiger partial charge in [0.1, 0.15) is 0 Å². The van der Waals surface area contributed by atoms with E-state index in [0.717, 1.165) is 19.4 Å². The first kappa shape index (κ1) is 16.5. The molecule has 0 saturated heterocycles. The van der Waals surface area contributed by atoms with Crippen LogP contribution in [0.15, 0.2) is 29.2 Å². The van der Waals surface area contributed by atoms with E-state index in [0.29, 0.717) is 21.8 Å². The summed E-state index contributed by atoms with van der Waals surface area (Å²) in [5, 5.41) is 3.23. The Morgan fingerprint density at radius 1 is 1.26 bits per heavy atom. The van der Waals surface area contributed by atoms with E-state index in [-0.39, 0.29) is 5.75 Å². The number of para-hydroxylation sites is 1. The van der Waals surface area contributed by atoms with E-state index in [1.54, 1.807) is 12.1 Å². The van der Waals surface area contributed by atoms with Crippen LogP contribution in [0.1, 0.15) is 33.1 Å². The van der Waals surface area contributed by atoms with Gasteiger partial charge < -0.3 is 5.32 Å². The van der Waals surface area contributed by atoms with Gasteiger partial charge in [-0.3, -0.25) is 0 Å². The predicted molar refractivity (Wildman–Crippen MR) is 84.9 cm³/mol. The van der Waals surface area contributed by atoms with Crippen LogP contribution in [0.2, 0.25) is 0 Å². The smallest absolute Gasteiger partial charge is 0.180 e. The molecular formula is C14H22BrNO2S. The number of rotatable bonds is 8. The van der Waals surface area contributed by atoms with Crippen molar-refractivity contribution in [1.29, 1.82) is 0 Å². The number of hydrogen-bond donors (Lipinski definition) is 1. The molecule has 0 saturated carbocycles. The maximum atomic E-state index is 12.2. The molecule has 1 rings (SSSR count). The maximum absolute atomic E-state index is 12.2. The zero-order valence-corrected chi connectivity index (χ0v) is 13.9. The fraction of sp³-hybridized carbons (Fsp3) is 0.571. The molecule has 1 atom stereocenters. The maximum Gasteiger partial charge on any atom is 0.180 e. The Morgan fingerprint density at radius 2 is 1.95 bits per heavy atom. The summed E-state index contributed by atoms with van der Waals surface area (Å²) in [6.07, 6.45) is 2.67. The van der Waals surface area contributed by atoms with Gasteiger partial charge in [-0.15, -0.1) is 0 Å². The van der Waals surface area contributed by atoms with Crippen molar-refractivity contribution in [2.75, 3.05) is 17.6 Å². The van der Waals surface area contributed by atoms with Crippen LogP contribution in [0.5, 0.6) is 0 Å². The van der Waals surface area contributed by atoms with E-state index < -0.39 is 9.84 Å². The zero-order chi connectivity index (χ0) is 14.3. The lowest BCUT2D eigenvalue weighted by Gasteiger charge is -2.13. The van der Waals surface area contributed by atoms with E-state index >= 15 is 0 Å². The second-order valence-corrected chi connectivity index (χ2v) is 7.91. The molecule has 1 aromatic carbocycles. The largest absolute Gasteiger partial charge is 0.384 e. The summed E-state index contributed by atoms with van der Waals surface area (Å²) in [5.74, 6) is 0.196. The van der Waals surface area contributed by atoms with Crippen LogP contribution in [-0.4, -0.2) is 25.5 Å². The molecule has 108 valence electrons. The lowest BCUT2D eigenvalue weighted by Crippen LogP contribution is -2.12. The number of benzene rings is 1. The highest BCUT2D eigenvalue weighted by molar-refractivity contribution is 9.09. The summed E-state index contributed by atoms with van der Waals surface area (Å²) in [6, 6.07) is 7.14. The van der Waals surface area contributed by atoms with Crippen molar-refractivity contribution in [2.24, 2.45) is 0 Å². The van der Waals surface area contributed by atoms with Crippen LogP contribution in [0.25, 0.3) is 0 Å². The standard InChI is InChI=1S/C14H22BrNO2S/c1-3-11-19(17,18)14-8-6-5-7-13(14)16-10-9-12(15)4-2/h5-8,12,16H,3-4,9-11H2,1-2H3. The fourth-order valence-electron chi connectivity index (χ4n) is 1.83. The molecule has 0 aliphatic carbocycles. The molecule has 0 aliphatic rings. The Morgan fingerprint density at radius 3 is 2.58 bits per heavy atom. The Kier molecular flexibility index (Phi) is 6.86. The van der Waals surface area contributed by atoms with E-state index in [1.807, 2.05) is 19.1 Å². The number of anilines is 1. The molecule has 0 aromatic heterocycles. The third kappa shape index (κ3) is 5.15. The van der Waals surface area contributed by atoms with Gasteiger partial charge in [0.2, 0.25) is 0 Å². The number of hydrogen-bond acceptors (Lipinski definition) is 3. The molecule has 1 aromatic rings. The lowest BCUT2D eigenvalue weighted by molar-refractivity contribution is 0.595. The van der Waals surface area contributed by atoms with E-state index in [4.69, 9.17) is 0 Å². The number of alkyl halides is 1. The molecule has 0 amide bonds. The summed E-state index contributed by atoms with van der Waals surface area (Å²) < 4.78 is 24.3. The topological polar surface area (TPSA) is 46.2 Å². The monoisotopic (exact) mass is 347 g/mol. The van der Waals surface area contributed by atoms with Crippen LogP contribution in [0.3, 0.4) is 0 Å². The van der Waals surface area contributed by atoms with Crippen molar-refractivity contribution < 1.29 is 8.42 Å². The second kappa shape index (κ2) is 7.90. The van der Waals surface area contributed by atoms with Gasteiger partial charge >= 0.3 is 0 Å². The summed E-state index contributed by atoms with van der Waals surface area (Å²) in [4.78, 5) is 0.888. The van der Waals surface area contributed by atoms with Gasteiger partial charge in [0.15, 0.2) is 9.84 Å². The van der Waals surface area contributed by atoms with Crippen molar-refractivity contribution in [3.63, 3.8) is 0 Å². The van der Waals surface area contributed by atoms with Crippen LogP contribution in [0.4, 0.5) is 5.69 Å². The Hall–Kier alpha value is -0.550. The van der Waals surface area contributed by atoms with Gasteiger partial charge in [-0.25, -0.2) is 8.42 Å². The highest BCUT2D eigenvalue weighted by Gasteiger charge is 2.17. The van der Waals surface area contributed by atoms with Crippen LogP contribution >= 0.6 is 15.9 Å². The molecular weight excluding hydrogens is 326 g/mol. The summed E-state index contributed by atoms with van der Waals surface area (Å²) in [5.41, 5.74) is 0.715. The highest BCUT2D eigenvalue weighted by atomic mass is 79.9. The Bertz CT molecular complexity index is 488. The molecule has 1 unspecified atom stereocenters. The SMILES string of the molecule is CCCS(=O)(=O)c1ccccc1NCCC(Br)CC. The zero-order valence-electron chi connectivity index (χ0n) is 11.5. The minimum Gasteiger partial charge on any atom is -0.384 e. The first-order valence-electron chi connectivity index (χ1n) is 6.71. The molecule has 19 heavy (non-hydrogen) atoms. The third-order valence-corrected chi connectivity index (χ3v) is 5.99. The number of halogens is 1. The molecule has 0 aliphatic heterocycles. The number of sulfone groups is 1. The van der Waals surface area contributed by atoms with Crippen molar-refractivity contribution in [1.82, 2.24) is 0 Å². The minimum atomic E-state index is -3.17. The van der Waals surface area contributed by atoms with Gasteiger partial charge in [0.25, 0.3) is 0 Å². The first-order valence-corrected chi connectivity index (χ1v) is 9.27. The van der Waals surface area contributed by atoms with Crippen LogP contribution in [-0.2, 0) is 9.84 Å². The van der Waals surface area contributed by atoms with Crippen LogP contribution < -0.4 is 5.32 Å². The first-order chi connectivity index (χ1) is 9.01. The van der Waals surface area contributed by atoms with Crippen molar-refractivity contribution in [3.8, 4) is 0 Å². The van der Waals surface area contributed by atoms with Gasteiger partial charge in [-0.2, -0.15) is 0 Å².